The van der Waals surface area contributed by atoms with Gasteiger partial charge in [0.25, 0.3) is 11.8 Å². The average molecular weight is 538 g/mol. The van der Waals surface area contributed by atoms with Crippen molar-refractivity contribution in [1.82, 2.24) is 4.57 Å². The van der Waals surface area contributed by atoms with Crippen LogP contribution < -0.4 is 9.80 Å². The van der Waals surface area contributed by atoms with Gasteiger partial charge in [0.2, 0.25) is 0 Å². The van der Waals surface area contributed by atoms with E-state index >= 15 is 0 Å². The van der Waals surface area contributed by atoms with Crippen LogP contribution in [0.5, 0.6) is 0 Å². The van der Waals surface area contributed by atoms with Gasteiger partial charge >= 0.3 is 6.03 Å². The Bertz CT molecular complexity index is 1730. The number of barbiturate groups is 1. The molecule has 0 aliphatic carbocycles. The van der Waals surface area contributed by atoms with E-state index in [1.807, 2.05) is 38.1 Å². The quantitative estimate of drug-likeness (QED) is 0.174. The predicted molar refractivity (Wildman–Crippen MR) is 162 cm³/mol. The van der Waals surface area contributed by atoms with Crippen molar-refractivity contribution in [1.29, 1.82) is 0 Å². The van der Waals surface area contributed by atoms with Crippen molar-refractivity contribution >= 4 is 35.3 Å². The van der Waals surface area contributed by atoms with Crippen LogP contribution in [0, 0.1) is 13.8 Å². The molecule has 41 heavy (non-hydrogen) atoms. The van der Waals surface area contributed by atoms with Gasteiger partial charge in [-0.05, 0) is 79.1 Å². The number of urea groups is 1. The summed E-state index contributed by atoms with van der Waals surface area (Å²) in [6.07, 6.45) is 1.60. The molecule has 1 aliphatic rings. The van der Waals surface area contributed by atoms with Gasteiger partial charge in [0.1, 0.15) is 5.57 Å². The van der Waals surface area contributed by atoms with Crippen LogP contribution in [0.25, 0.3) is 22.9 Å². The number of rotatable bonds is 5. The van der Waals surface area contributed by atoms with Gasteiger partial charge in [-0.25, -0.2) is 14.6 Å². The molecule has 0 unspecified atom stereocenters. The third-order valence-corrected chi connectivity index (χ3v) is 7.28. The molecule has 1 aliphatic heterocycles. The van der Waals surface area contributed by atoms with Crippen LogP contribution in [0.3, 0.4) is 0 Å². The molecule has 0 bridgehead atoms. The summed E-state index contributed by atoms with van der Waals surface area (Å²) >= 11 is 0. The van der Waals surface area contributed by atoms with E-state index < -0.39 is 17.8 Å². The number of aromatic nitrogens is 1. The minimum absolute atomic E-state index is 0.0861. The second kappa shape index (κ2) is 10.6. The Morgan fingerprint density at radius 1 is 0.537 bits per heavy atom. The maximum absolute atomic E-state index is 13.8. The molecule has 0 N–H and O–H groups in total. The lowest BCUT2D eigenvalue weighted by molar-refractivity contribution is -0.121. The van der Waals surface area contributed by atoms with E-state index in [0.29, 0.717) is 11.4 Å². The topological polar surface area (TPSA) is 62.6 Å². The molecule has 1 fully saturated rings. The zero-order valence-electron chi connectivity index (χ0n) is 22.7. The van der Waals surface area contributed by atoms with Gasteiger partial charge in [-0.1, -0.05) is 78.9 Å². The fourth-order valence-corrected chi connectivity index (χ4v) is 5.26. The van der Waals surface area contributed by atoms with Gasteiger partial charge in [0.15, 0.2) is 0 Å². The van der Waals surface area contributed by atoms with E-state index in [9.17, 15) is 14.4 Å². The summed E-state index contributed by atoms with van der Waals surface area (Å²) in [7, 11) is 0. The molecule has 4 amide bonds. The molecular weight excluding hydrogens is 510 g/mol. The number of carbonyl (C=O) groups excluding carboxylic acids is 3. The Labute approximate surface area is 238 Å². The van der Waals surface area contributed by atoms with E-state index in [1.165, 1.54) is 0 Å². The normalized spacial score (nSPS) is 13.6. The Hall–Kier alpha value is -5.49. The molecule has 6 nitrogen and oxygen atoms in total. The Balaban J connectivity index is 1.42. The molecule has 200 valence electrons. The van der Waals surface area contributed by atoms with Gasteiger partial charge in [-0.2, -0.15) is 0 Å². The van der Waals surface area contributed by atoms with E-state index in [2.05, 4.69) is 41.0 Å². The SMILES string of the molecule is Cc1cc(C=C2C(=O)N(c3ccccc3)C(=O)N(c3ccccc3)C2=O)c(C)n1-c1ccc(-c2ccccc2)cc1. The molecule has 0 radical (unpaired) electrons. The second-order valence-corrected chi connectivity index (χ2v) is 9.87. The van der Waals surface area contributed by atoms with Crippen LogP contribution in [-0.2, 0) is 9.59 Å². The first-order chi connectivity index (χ1) is 19.9. The number of hydrogen-bond donors (Lipinski definition) is 0. The number of carbonyl (C=O) groups is 3. The van der Waals surface area contributed by atoms with Crippen molar-refractivity contribution in [3.05, 3.63) is 144 Å². The first-order valence-corrected chi connectivity index (χ1v) is 13.3. The maximum Gasteiger partial charge on any atom is 0.343 e. The number of imide groups is 2. The van der Waals surface area contributed by atoms with E-state index in [-0.39, 0.29) is 5.57 Å². The minimum atomic E-state index is -0.710. The Kier molecular flexibility index (Phi) is 6.65. The van der Waals surface area contributed by atoms with Crippen LogP contribution in [0.1, 0.15) is 17.0 Å². The van der Waals surface area contributed by atoms with Crippen molar-refractivity contribution in [2.75, 3.05) is 9.80 Å². The van der Waals surface area contributed by atoms with Crippen LogP contribution in [-0.4, -0.2) is 22.4 Å². The number of anilines is 2. The molecule has 0 saturated carbocycles. The van der Waals surface area contributed by atoms with Crippen LogP contribution >= 0.6 is 0 Å². The van der Waals surface area contributed by atoms with Crippen LogP contribution in [0.4, 0.5) is 16.2 Å². The third-order valence-electron chi connectivity index (χ3n) is 7.28. The highest BCUT2D eigenvalue weighted by molar-refractivity contribution is 6.46. The van der Waals surface area contributed by atoms with Crippen molar-refractivity contribution < 1.29 is 14.4 Å². The standard InChI is InChI=1S/C35H27N3O3/c1-24-22-28(25(2)36(24)31-20-18-27(19-21-31)26-12-6-3-7-13-26)23-32-33(39)37(29-14-8-4-9-15-29)35(41)38(34(32)40)30-16-10-5-11-17-30/h3-23H,1-2H3. The van der Waals surface area contributed by atoms with Crippen LogP contribution in [0.15, 0.2) is 127 Å². The maximum atomic E-state index is 13.8. The zero-order valence-corrected chi connectivity index (χ0v) is 22.7. The van der Waals surface area contributed by atoms with E-state index in [4.69, 9.17) is 0 Å². The smallest absolute Gasteiger partial charge is 0.318 e. The van der Waals surface area contributed by atoms with Crippen molar-refractivity contribution in [2.45, 2.75) is 13.8 Å². The fourth-order valence-electron chi connectivity index (χ4n) is 5.26. The molecule has 4 aromatic carbocycles. The van der Waals surface area contributed by atoms with Crippen molar-refractivity contribution in [3.63, 3.8) is 0 Å². The third kappa shape index (κ3) is 4.66. The monoisotopic (exact) mass is 537 g/mol. The summed E-state index contributed by atoms with van der Waals surface area (Å²) in [5.41, 5.74) is 6.48. The summed E-state index contributed by atoms with van der Waals surface area (Å²) in [6.45, 7) is 3.94. The van der Waals surface area contributed by atoms with Gasteiger partial charge in [0, 0.05) is 17.1 Å². The highest BCUT2D eigenvalue weighted by Crippen LogP contribution is 2.31. The molecule has 0 spiro atoms. The number of aryl methyl sites for hydroxylation is 1. The molecule has 0 atom stereocenters. The van der Waals surface area contributed by atoms with Gasteiger partial charge in [-0.15, -0.1) is 0 Å². The fraction of sp³-hybridized carbons (Fsp3) is 0.0571. The summed E-state index contributed by atoms with van der Waals surface area (Å²) in [4.78, 5) is 43.2. The largest absolute Gasteiger partial charge is 0.343 e. The Morgan fingerprint density at radius 2 is 1.00 bits per heavy atom. The minimum Gasteiger partial charge on any atom is -0.318 e. The van der Waals surface area contributed by atoms with Gasteiger partial charge < -0.3 is 4.57 Å². The summed E-state index contributed by atoms with van der Waals surface area (Å²) in [6, 6.07) is 37.0. The Morgan fingerprint density at radius 3 is 1.51 bits per heavy atom. The summed E-state index contributed by atoms with van der Waals surface area (Å²) < 4.78 is 2.09. The summed E-state index contributed by atoms with van der Waals surface area (Å²) in [5.74, 6) is -1.31. The molecular formula is C35H27N3O3. The molecule has 1 saturated heterocycles. The highest BCUT2D eigenvalue weighted by atomic mass is 16.2. The molecule has 2 heterocycles. The van der Waals surface area contributed by atoms with E-state index in [1.54, 1.807) is 66.7 Å². The number of para-hydroxylation sites is 2. The first kappa shape index (κ1) is 25.8. The number of benzene rings is 4. The molecule has 5 aromatic rings. The number of amides is 4. The summed E-state index contributed by atoms with van der Waals surface area (Å²) in [5, 5.41) is 0. The lowest BCUT2D eigenvalue weighted by Gasteiger charge is -2.33. The van der Waals surface area contributed by atoms with E-state index in [0.717, 1.165) is 43.6 Å². The molecule has 1 aromatic heterocycles. The first-order valence-electron chi connectivity index (χ1n) is 13.3. The number of hydrogen-bond acceptors (Lipinski definition) is 3. The van der Waals surface area contributed by atoms with Gasteiger partial charge in [0.05, 0.1) is 11.4 Å². The molecule has 6 heteroatoms. The van der Waals surface area contributed by atoms with Gasteiger partial charge in [-0.3, -0.25) is 9.59 Å². The zero-order chi connectivity index (χ0) is 28.5. The highest BCUT2D eigenvalue weighted by Gasteiger charge is 2.43. The average Bonchev–Trinajstić information content (AvgIpc) is 3.29. The molecule has 6 rings (SSSR count). The second-order valence-electron chi connectivity index (χ2n) is 9.87. The lowest BCUT2D eigenvalue weighted by Crippen LogP contribution is -2.57. The predicted octanol–water partition coefficient (Wildman–Crippen LogP) is 7.34. The lowest BCUT2D eigenvalue weighted by atomic mass is 10.0. The van der Waals surface area contributed by atoms with Crippen molar-refractivity contribution in [2.24, 2.45) is 0 Å². The van der Waals surface area contributed by atoms with Crippen molar-refractivity contribution in [3.8, 4) is 16.8 Å². The number of nitrogens with zero attached hydrogens (tertiary/aromatic N) is 3. The van der Waals surface area contributed by atoms with Crippen LogP contribution in [0.2, 0.25) is 0 Å².